The van der Waals surface area contributed by atoms with Gasteiger partial charge in [-0.15, -0.1) is 0 Å². The van der Waals surface area contributed by atoms with Crippen LogP contribution in [0.1, 0.15) is 18.9 Å². The van der Waals surface area contributed by atoms with E-state index in [1.807, 2.05) is 0 Å². The van der Waals surface area contributed by atoms with Crippen molar-refractivity contribution in [3.05, 3.63) is 26.6 Å². The molecule has 0 amide bonds. The predicted molar refractivity (Wildman–Crippen MR) is 79.1 cm³/mol. The summed E-state index contributed by atoms with van der Waals surface area (Å²) in [6, 6.07) is 4.61. The monoisotopic (exact) mass is 377 g/mol. The Morgan fingerprint density at radius 1 is 1.39 bits per heavy atom. The first-order valence-electron chi connectivity index (χ1n) is 5.98. The molecule has 1 aliphatic heterocycles. The molecular weight excluding hydrogens is 362 g/mol. The highest BCUT2D eigenvalue weighted by Crippen LogP contribution is 2.34. The Kier molecular flexibility index (Phi) is 5.06. The minimum Gasteiger partial charge on any atom is -0.494 e. The molecule has 18 heavy (non-hydrogen) atoms. The van der Waals surface area contributed by atoms with Gasteiger partial charge in [0, 0.05) is 19.2 Å². The Balaban J connectivity index is 2.01. The lowest BCUT2D eigenvalue weighted by atomic mass is 10.1. The lowest BCUT2D eigenvalue weighted by Gasteiger charge is -2.16. The fourth-order valence-electron chi connectivity index (χ4n) is 2.16. The third-order valence-corrected chi connectivity index (χ3v) is 4.38. The fraction of sp³-hybridized carbons (Fsp3) is 0.538. The standard InChI is InChI=1S/C13H17Br2NO2/c1-8-12(3-4-18-8)16-7-9-5-10(14)13(17-2)11(15)6-9/h5-6,8,12,16H,3-4,7H2,1-2H3. The molecule has 2 unspecified atom stereocenters. The molecule has 1 aliphatic rings. The van der Waals surface area contributed by atoms with Gasteiger partial charge in [0.1, 0.15) is 5.75 Å². The van der Waals surface area contributed by atoms with E-state index in [-0.39, 0.29) is 0 Å². The van der Waals surface area contributed by atoms with E-state index in [0.717, 1.165) is 34.3 Å². The van der Waals surface area contributed by atoms with Gasteiger partial charge in [0.25, 0.3) is 0 Å². The first kappa shape index (κ1) is 14.3. The van der Waals surface area contributed by atoms with Crippen LogP contribution in [-0.4, -0.2) is 25.9 Å². The normalized spacial score (nSPS) is 23.3. The van der Waals surface area contributed by atoms with Gasteiger partial charge in [-0.25, -0.2) is 0 Å². The summed E-state index contributed by atoms with van der Waals surface area (Å²) in [4.78, 5) is 0. The van der Waals surface area contributed by atoms with Crippen LogP contribution in [0.3, 0.4) is 0 Å². The van der Waals surface area contributed by atoms with Gasteiger partial charge >= 0.3 is 0 Å². The van der Waals surface area contributed by atoms with Crippen molar-refractivity contribution < 1.29 is 9.47 Å². The minimum atomic E-state index is 0.301. The highest BCUT2D eigenvalue weighted by atomic mass is 79.9. The minimum absolute atomic E-state index is 0.301. The third-order valence-electron chi connectivity index (χ3n) is 3.21. The molecule has 0 saturated carbocycles. The van der Waals surface area contributed by atoms with Gasteiger partial charge in [-0.2, -0.15) is 0 Å². The maximum atomic E-state index is 5.54. The van der Waals surface area contributed by atoms with Gasteiger partial charge in [-0.1, -0.05) is 0 Å². The Morgan fingerprint density at radius 3 is 2.56 bits per heavy atom. The summed E-state index contributed by atoms with van der Waals surface area (Å²) in [5.74, 6) is 0.830. The highest BCUT2D eigenvalue weighted by molar-refractivity contribution is 9.11. The summed E-state index contributed by atoms with van der Waals surface area (Å²) in [5, 5.41) is 3.53. The zero-order chi connectivity index (χ0) is 13.1. The van der Waals surface area contributed by atoms with Crippen LogP contribution in [-0.2, 0) is 11.3 Å². The Bertz CT molecular complexity index is 402. The predicted octanol–water partition coefficient (Wildman–Crippen LogP) is 3.49. The van der Waals surface area contributed by atoms with Crippen LogP contribution in [0.15, 0.2) is 21.1 Å². The number of hydrogen-bond donors (Lipinski definition) is 1. The number of ether oxygens (including phenoxy) is 2. The largest absolute Gasteiger partial charge is 0.494 e. The molecule has 0 aromatic heterocycles. The zero-order valence-electron chi connectivity index (χ0n) is 10.5. The quantitative estimate of drug-likeness (QED) is 0.869. The first-order valence-corrected chi connectivity index (χ1v) is 7.57. The number of methoxy groups -OCH3 is 1. The molecule has 1 aromatic carbocycles. The van der Waals surface area contributed by atoms with Crippen LogP contribution in [0.2, 0.25) is 0 Å². The molecular formula is C13H17Br2NO2. The van der Waals surface area contributed by atoms with E-state index in [0.29, 0.717) is 12.1 Å². The first-order chi connectivity index (χ1) is 8.61. The van der Waals surface area contributed by atoms with Crippen molar-refractivity contribution in [2.24, 2.45) is 0 Å². The van der Waals surface area contributed by atoms with E-state index in [9.17, 15) is 0 Å². The van der Waals surface area contributed by atoms with E-state index in [4.69, 9.17) is 9.47 Å². The summed E-state index contributed by atoms with van der Waals surface area (Å²) >= 11 is 7.03. The molecule has 0 aliphatic carbocycles. The molecule has 100 valence electrons. The maximum Gasteiger partial charge on any atom is 0.147 e. The lowest BCUT2D eigenvalue weighted by molar-refractivity contribution is 0.113. The Hall–Kier alpha value is -0.100. The molecule has 3 nitrogen and oxygen atoms in total. The molecule has 1 heterocycles. The second-order valence-corrected chi connectivity index (χ2v) is 6.15. The fourth-order valence-corrected chi connectivity index (χ4v) is 3.76. The molecule has 0 bridgehead atoms. The number of benzene rings is 1. The van der Waals surface area contributed by atoms with Crippen molar-refractivity contribution in [1.82, 2.24) is 5.32 Å². The number of rotatable bonds is 4. The lowest BCUT2D eigenvalue weighted by Crippen LogP contribution is -2.34. The van der Waals surface area contributed by atoms with Crippen LogP contribution in [0.5, 0.6) is 5.75 Å². The van der Waals surface area contributed by atoms with Gasteiger partial charge in [0.2, 0.25) is 0 Å². The van der Waals surface area contributed by atoms with Gasteiger partial charge < -0.3 is 14.8 Å². The molecule has 1 fully saturated rings. The van der Waals surface area contributed by atoms with Crippen molar-refractivity contribution >= 4 is 31.9 Å². The number of hydrogen-bond acceptors (Lipinski definition) is 3. The van der Waals surface area contributed by atoms with E-state index >= 15 is 0 Å². The van der Waals surface area contributed by atoms with Crippen LogP contribution < -0.4 is 10.1 Å². The summed E-state index contributed by atoms with van der Waals surface area (Å²) in [7, 11) is 1.67. The SMILES string of the molecule is COc1c(Br)cc(CNC2CCOC2C)cc1Br. The van der Waals surface area contributed by atoms with Crippen molar-refractivity contribution in [2.75, 3.05) is 13.7 Å². The second kappa shape index (κ2) is 6.37. The van der Waals surface area contributed by atoms with Crippen LogP contribution in [0, 0.1) is 0 Å². The molecule has 0 radical (unpaired) electrons. The second-order valence-electron chi connectivity index (χ2n) is 4.44. The molecule has 5 heteroatoms. The molecule has 0 spiro atoms. The van der Waals surface area contributed by atoms with E-state index in [1.54, 1.807) is 7.11 Å². The van der Waals surface area contributed by atoms with Gasteiger partial charge in [0.15, 0.2) is 0 Å². The van der Waals surface area contributed by atoms with E-state index < -0.39 is 0 Å². The van der Waals surface area contributed by atoms with Gasteiger partial charge in [-0.05, 0) is 62.9 Å². The molecule has 2 rings (SSSR count). The molecule has 2 atom stereocenters. The Morgan fingerprint density at radius 2 is 2.06 bits per heavy atom. The summed E-state index contributed by atoms with van der Waals surface area (Å²) in [6.45, 7) is 3.80. The smallest absolute Gasteiger partial charge is 0.147 e. The number of nitrogens with one attached hydrogen (secondary N) is 1. The van der Waals surface area contributed by atoms with Gasteiger partial charge in [0.05, 0.1) is 22.2 Å². The highest BCUT2D eigenvalue weighted by Gasteiger charge is 2.23. The molecule has 1 saturated heterocycles. The maximum absolute atomic E-state index is 5.54. The summed E-state index contributed by atoms with van der Waals surface area (Å²) in [6.07, 6.45) is 1.38. The van der Waals surface area contributed by atoms with Crippen molar-refractivity contribution in [3.8, 4) is 5.75 Å². The van der Waals surface area contributed by atoms with Crippen LogP contribution in [0.4, 0.5) is 0 Å². The molecule has 1 N–H and O–H groups in total. The van der Waals surface area contributed by atoms with Crippen molar-refractivity contribution in [2.45, 2.75) is 32.0 Å². The zero-order valence-corrected chi connectivity index (χ0v) is 13.7. The van der Waals surface area contributed by atoms with Crippen molar-refractivity contribution in [1.29, 1.82) is 0 Å². The van der Waals surface area contributed by atoms with E-state index in [2.05, 4.69) is 56.2 Å². The third kappa shape index (κ3) is 3.26. The Labute approximate surface area is 124 Å². The van der Waals surface area contributed by atoms with Gasteiger partial charge in [-0.3, -0.25) is 0 Å². The number of halogens is 2. The average molecular weight is 379 g/mol. The molecule has 1 aromatic rings. The summed E-state index contributed by atoms with van der Waals surface area (Å²) in [5.41, 5.74) is 1.22. The van der Waals surface area contributed by atoms with E-state index in [1.165, 1.54) is 5.56 Å². The summed E-state index contributed by atoms with van der Waals surface area (Å²) < 4.78 is 12.8. The van der Waals surface area contributed by atoms with Crippen LogP contribution in [0.25, 0.3) is 0 Å². The average Bonchev–Trinajstić information content (AvgIpc) is 2.72. The van der Waals surface area contributed by atoms with Crippen molar-refractivity contribution in [3.63, 3.8) is 0 Å². The van der Waals surface area contributed by atoms with Crippen LogP contribution >= 0.6 is 31.9 Å². The topological polar surface area (TPSA) is 30.5 Å².